The second-order valence-electron chi connectivity index (χ2n) is 5.54. The minimum Gasteiger partial charge on any atom is -0.317 e. The van der Waals surface area contributed by atoms with Crippen molar-refractivity contribution in [1.82, 2.24) is 15.2 Å². The summed E-state index contributed by atoms with van der Waals surface area (Å²) in [4.78, 5) is 30.4. The Labute approximate surface area is 130 Å². The molecule has 124 valence electrons. The topological polar surface area (TPSA) is 65.5 Å². The molecule has 0 bridgehead atoms. The molecule has 3 rings (SSSR count). The summed E-state index contributed by atoms with van der Waals surface area (Å²) in [5.74, 6) is -0.390. The number of amides is 3. The van der Waals surface area contributed by atoms with Crippen molar-refractivity contribution in [2.45, 2.75) is 25.1 Å². The molecule has 2 aliphatic rings. The number of rotatable bonds is 2. The van der Waals surface area contributed by atoms with Crippen LogP contribution in [0.3, 0.4) is 0 Å². The normalized spacial score (nSPS) is 20.5. The van der Waals surface area contributed by atoms with Crippen LogP contribution in [0.2, 0.25) is 0 Å². The monoisotopic (exact) mass is 328 g/mol. The van der Waals surface area contributed by atoms with E-state index in [-0.39, 0.29) is 24.2 Å². The average molecular weight is 328 g/mol. The van der Waals surface area contributed by atoms with Gasteiger partial charge in [-0.15, -0.1) is 0 Å². The van der Waals surface area contributed by atoms with Gasteiger partial charge in [-0.05, 0) is 32.0 Å². The van der Waals surface area contributed by atoms with Crippen LogP contribution in [0.15, 0.2) is 18.5 Å². The maximum Gasteiger partial charge on any atom is 0.417 e. The van der Waals surface area contributed by atoms with E-state index in [1.807, 2.05) is 0 Å². The molecule has 2 saturated heterocycles. The van der Waals surface area contributed by atoms with Gasteiger partial charge in [0.2, 0.25) is 0 Å². The van der Waals surface area contributed by atoms with Gasteiger partial charge in [-0.3, -0.25) is 19.6 Å². The number of imide groups is 1. The van der Waals surface area contributed by atoms with Gasteiger partial charge in [0, 0.05) is 12.2 Å². The summed E-state index contributed by atoms with van der Waals surface area (Å²) in [6, 6.07) is 0.0485. The van der Waals surface area contributed by atoms with Gasteiger partial charge in [0.1, 0.15) is 6.54 Å². The number of nitrogens with one attached hydrogen (secondary N) is 1. The standard InChI is InChI=1S/C14H15F3N4O2/c15-14(16,17)9-5-11(7-19-6-9)20-8-12(22)21(13(20)23)10-1-3-18-4-2-10/h5-7,10,18H,1-4,8H2. The van der Waals surface area contributed by atoms with Crippen molar-refractivity contribution >= 4 is 17.6 Å². The second-order valence-corrected chi connectivity index (χ2v) is 5.54. The molecule has 0 aromatic carbocycles. The SMILES string of the molecule is O=C1CN(c2cncc(C(F)(F)F)c2)C(=O)N1C1CCNCC1. The molecule has 1 aromatic rings. The molecule has 23 heavy (non-hydrogen) atoms. The number of alkyl halides is 3. The number of piperidine rings is 1. The van der Waals surface area contributed by atoms with Crippen LogP contribution in [0.25, 0.3) is 0 Å². The molecule has 2 aliphatic heterocycles. The van der Waals surface area contributed by atoms with Crippen LogP contribution >= 0.6 is 0 Å². The first-order valence-electron chi connectivity index (χ1n) is 7.24. The predicted molar refractivity (Wildman–Crippen MR) is 74.7 cm³/mol. The van der Waals surface area contributed by atoms with Crippen molar-refractivity contribution in [3.05, 3.63) is 24.0 Å². The smallest absolute Gasteiger partial charge is 0.317 e. The highest BCUT2D eigenvalue weighted by Crippen LogP contribution is 2.32. The second kappa shape index (κ2) is 5.80. The van der Waals surface area contributed by atoms with Crippen LogP contribution in [-0.4, -0.2) is 47.5 Å². The van der Waals surface area contributed by atoms with Crippen molar-refractivity contribution in [3.63, 3.8) is 0 Å². The lowest BCUT2D eigenvalue weighted by molar-refractivity contribution is -0.137. The highest BCUT2D eigenvalue weighted by Gasteiger charge is 2.42. The number of hydrogen-bond acceptors (Lipinski definition) is 4. The quantitative estimate of drug-likeness (QED) is 0.838. The van der Waals surface area contributed by atoms with Gasteiger partial charge in [0.05, 0.1) is 17.4 Å². The number of pyridine rings is 1. The minimum atomic E-state index is -4.55. The first-order valence-corrected chi connectivity index (χ1v) is 7.24. The number of anilines is 1. The summed E-state index contributed by atoms with van der Waals surface area (Å²) in [6.45, 7) is 1.14. The third-order valence-electron chi connectivity index (χ3n) is 4.04. The molecule has 0 saturated carbocycles. The molecule has 0 spiro atoms. The lowest BCUT2D eigenvalue weighted by atomic mass is 10.1. The van der Waals surface area contributed by atoms with Gasteiger partial charge < -0.3 is 5.32 Å². The number of halogens is 3. The summed E-state index contributed by atoms with van der Waals surface area (Å²) in [6.07, 6.45) is -1.41. The Bertz CT molecular complexity index is 629. The molecule has 0 atom stereocenters. The minimum absolute atomic E-state index is 0.0189. The van der Waals surface area contributed by atoms with Crippen molar-refractivity contribution in [2.24, 2.45) is 0 Å². The molecular formula is C14H15F3N4O2. The van der Waals surface area contributed by atoms with Crippen LogP contribution in [0.1, 0.15) is 18.4 Å². The van der Waals surface area contributed by atoms with E-state index in [1.165, 1.54) is 4.90 Å². The van der Waals surface area contributed by atoms with E-state index in [9.17, 15) is 22.8 Å². The Kier molecular flexibility index (Phi) is 3.97. The van der Waals surface area contributed by atoms with Gasteiger partial charge in [-0.1, -0.05) is 0 Å². The molecule has 2 fully saturated rings. The van der Waals surface area contributed by atoms with Crippen molar-refractivity contribution in [2.75, 3.05) is 24.5 Å². The number of carbonyl (C=O) groups is 2. The summed E-state index contributed by atoms with van der Waals surface area (Å²) in [7, 11) is 0. The molecular weight excluding hydrogens is 313 g/mol. The largest absolute Gasteiger partial charge is 0.417 e. The van der Waals surface area contributed by atoms with Crippen molar-refractivity contribution < 1.29 is 22.8 Å². The molecule has 0 unspecified atom stereocenters. The number of hydrogen-bond donors (Lipinski definition) is 1. The summed E-state index contributed by atoms with van der Waals surface area (Å²) in [5, 5.41) is 3.14. The third kappa shape index (κ3) is 3.00. The number of carbonyl (C=O) groups excluding carboxylic acids is 2. The molecule has 9 heteroatoms. The van der Waals surface area contributed by atoms with Gasteiger partial charge in [-0.2, -0.15) is 13.2 Å². The zero-order valence-electron chi connectivity index (χ0n) is 12.1. The van der Waals surface area contributed by atoms with Crippen molar-refractivity contribution in [1.29, 1.82) is 0 Å². The molecule has 3 heterocycles. The van der Waals surface area contributed by atoms with Crippen LogP contribution in [0.4, 0.5) is 23.7 Å². The average Bonchev–Trinajstić information content (AvgIpc) is 2.82. The lowest BCUT2D eigenvalue weighted by Gasteiger charge is -2.29. The van der Waals surface area contributed by atoms with E-state index in [4.69, 9.17) is 0 Å². The van der Waals surface area contributed by atoms with E-state index in [0.29, 0.717) is 32.1 Å². The maximum absolute atomic E-state index is 12.8. The Morgan fingerprint density at radius 2 is 1.87 bits per heavy atom. The Hall–Kier alpha value is -2.16. The molecule has 0 aliphatic carbocycles. The van der Waals surface area contributed by atoms with E-state index in [0.717, 1.165) is 17.2 Å². The fourth-order valence-corrected chi connectivity index (χ4v) is 2.87. The molecule has 6 nitrogen and oxygen atoms in total. The highest BCUT2D eigenvalue weighted by atomic mass is 19.4. The Morgan fingerprint density at radius 3 is 2.52 bits per heavy atom. The molecule has 0 radical (unpaired) electrons. The first kappa shape index (κ1) is 15.7. The zero-order valence-corrected chi connectivity index (χ0v) is 12.1. The number of aromatic nitrogens is 1. The number of nitrogens with zero attached hydrogens (tertiary/aromatic N) is 3. The Balaban J connectivity index is 1.84. The van der Waals surface area contributed by atoms with Gasteiger partial charge in [0.25, 0.3) is 5.91 Å². The highest BCUT2D eigenvalue weighted by molar-refractivity contribution is 6.12. The summed E-state index contributed by atoms with van der Waals surface area (Å²) >= 11 is 0. The van der Waals surface area contributed by atoms with Crippen molar-refractivity contribution in [3.8, 4) is 0 Å². The number of urea groups is 1. The maximum atomic E-state index is 12.8. The van der Waals surface area contributed by atoms with E-state index in [1.54, 1.807) is 0 Å². The molecule has 3 amide bonds. The predicted octanol–water partition coefficient (Wildman–Crippen LogP) is 1.62. The Morgan fingerprint density at radius 1 is 1.17 bits per heavy atom. The molecule has 1 N–H and O–H groups in total. The fourth-order valence-electron chi connectivity index (χ4n) is 2.87. The van der Waals surface area contributed by atoms with E-state index >= 15 is 0 Å². The third-order valence-corrected chi connectivity index (χ3v) is 4.04. The van der Waals surface area contributed by atoms with Crippen LogP contribution in [0, 0.1) is 0 Å². The van der Waals surface area contributed by atoms with E-state index < -0.39 is 17.8 Å². The molecule has 1 aromatic heterocycles. The zero-order chi connectivity index (χ0) is 16.6. The fraction of sp³-hybridized carbons (Fsp3) is 0.500. The van der Waals surface area contributed by atoms with Gasteiger partial charge >= 0.3 is 12.2 Å². The van der Waals surface area contributed by atoms with Crippen LogP contribution in [-0.2, 0) is 11.0 Å². The summed E-state index contributed by atoms with van der Waals surface area (Å²) in [5.41, 5.74) is -0.967. The van der Waals surface area contributed by atoms with Gasteiger partial charge in [-0.25, -0.2) is 4.79 Å². The van der Waals surface area contributed by atoms with Crippen LogP contribution in [0.5, 0.6) is 0 Å². The van der Waals surface area contributed by atoms with Gasteiger partial charge in [0.15, 0.2) is 0 Å². The van der Waals surface area contributed by atoms with Crippen LogP contribution < -0.4 is 10.2 Å². The summed E-state index contributed by atoms with van der Waals surface area (Å²) < 4.78 is 38.3. The lowest BCUT2D eigenvalue weighted by Crippen LogP contribution is -2.46. The first-order chi connectivity index (χ1) is 10.9. The van der Waals surface area contributed by atoms with E-state index in [2.05, 4.69) is 10.3 Å².